The van der Waals surface area contributed by atoms with Gasteiger partial charge in [-0.2, -0.15) is 4.39 Å². The summed E-state index contributed by atoms with van der Waals surface area (Å²) in [5.74, 6) is -18.8. The topological polar surface area (TPSA) is 9.23 Å². The van der Waals surface area contributed by atoms with E-state index in [1.165, 1.54) is 0 Å². The third-order valence-electron chi connectivity index (χ3n) is 3.60. The van der Waals surface area contributed by atoms with Crippen LogP contribution in [0.25, 0.3) is 11.1 Å². The predicted octanol–water partition coefficient (Wildman–Crippen LogP) is 7.23. The molecule has 0 atom stereocenters. The minimum absolute atomic E-state index is 0.119. The number of allylic oxidation sites excluding steroid dienone is 1. The van der Waals surface area contributed by atoms with E-state index in [0.29, 0.717) is 18.9 Å². The van der Waals surface area contributed by atoms with E-state index in [0.717, 1.165) is 6.42 Å². The minimum atomic E-state index is -2.46. The van der Waals surface area contributed by atoms with Crippen molar-refractivity contribution in [3.05, 3.63) is 65.3 Å². The van der Waals surface area contributed by atoms with Gasteiger partial charge < -0.3 is 4.74 Å². The first-order chi connectivity index (χ1) is 13.6. The summed E-state index contributed by atoms with van der Waals surface area (Å²) in [5, 5.41) is 0. The van der Waals surface area contributed by atoms with E-state index in [-0.39, 0.29) is 6.61 Å². The lowest BCUT2D eigenvalue weighted by molar-refractivity contribution is 0.283. The summed E-state index contributed by atoms with van der Waals surface area (Å²) < 4.78 is 114. The van der Waals surface area contributed by atoms with Crippen LogP contribution >= 0.6 is 0 Å². The molecule has 160 valence electrons. The maximum Gasteiger partial charge on any atom is 0.203 e. The van der Waals surface area contributed by atoms with Gasteiger partial charge in [0.15, 0.2) is 40.7 Å². The lowest BCUT2D eigenvalue weighted by Crippen LogP contribution is -2.08. The van der Waals surface area contributed by atoms with E-state index in [1.807, 2.05) is 13.8 Å². The molecular formula is C20H18F8O. The molecule has 0 heterocycles. The lowest BCUT2D eigenvalue weighted by atomic mass is 10.0. The summed E-state index contributed by atoms with van der Waals surface area (Å²) in [6.45, 7) is 6.99. The van der Waals surface area contributed by atoms with Crippen LogP contribution < -0.4 is 4.74 Å². The Morgan fingerprint density at radius 1 is 0.759 bits per heavy atom. The number of halogens is 8. The first-order valence-corrected chi connectivity index (χ1v) is 8.52. The van der Waals surface area contributed by atoms with Crippen molar-refractivity contribution in [2.45, 2.75) is 33.1 Å². The van der Waals surface area contributed by atoms with Gasteiger partial charge in [-0.25, -0.2) is 30.7 Å². The maximum absolute atomic E-state index is 14.0. The van der Waals surface area contributed by atoms with E-state index in [2.05, 4.69) is 6.58 Å². The molecule has 9 heteroatoms. The van der Waals surface area contributed by atoms with E-state index in [1.54, 1.807) is 6.08 Å². The molecule has 2 rings (SSSR count). The summed E-state index contributed by atoms with van der Waals surface area (Å²) in [5.41, 5.74) is -3.06. The zero-order chi connectivity index (χ0) is 22.3. The van der Waals surface area contributed by atoms with Crippen LogP contribution in [0.4, 0.5) is 35.1 Å². The molecule has 2 aromatic rings. The molecule has 0 aromatic heterocycles. The molecule has 0 spiro atoms. The van der Waals surface area contributed by atoms with Gasteiger partial charge in [0, 0.05) is 5.56 Å². The van der Waals surface area contributed by atoms with Crippen molar-refractivity contribution in [2.24, 2.45) is 0 Å². The van der Waals surface area contributed by atoms with Crippen LogP contribution in [-0.2, 0) is 0 Å². The van der Waals surface area contributed by atoms with Gasteiger partial charge in [-0.15, -0.1) is 6.58 Å². The van der Waals surface area contributed by atoms with Crippen molar-refractivity contribution < 1.29 is 39.9 Å². The summed E-state index contributed by atoms with van der Waals surface area (Å²) in [7, 11) is 0. The van der Waals surface area contributed by atoms with E-state index >= 15 is 0 Å². The Morgan fingerprint density at radius 3 is 1.69 bits per heavy atom. The van der Waals surface area contributed by atoms with Crippen molar-refractivity contribution in [2.75, 3.05) is 6.61 Å². The highest BCUT2D eigenvalue weighted by Crippen LogP contribution is 2.37. The number of benzene rings is 2. The molecular weight excluding hydrogens is 408 g/mol. The van der Waals surface area contributed by atoms with Crippen LogP contribution in [0.1, 0.15) is 33.1 Å². The van der Waals surface area contributed by atoms with E-state index < -0.39 is 63.4 Å². The fraction of sp³-hybridized carbons (Fsp3) is 0.300. The third-order valence-corrected chi connectivity index (χ3v) is 3.60. The van der Waals surface area contributed by atoms with Gasteiger partial charge in [0.05, 0.1) is 12.2 Å². The summed E-state index contributed by atoms with van der Waals surface area (Å²) in [6.07, 6.45) is 3.63. The fourth-order valence-corrected chi connectivity index (χ4v) is 2.24. The Hall–Kier alpha value is -2.58. The summed E-state index contributed by atoms with van der Waals surface area (Å²) in [6, 6.07) is 0.359. The standard InChI is InChI=1S/C17H12F8O.C3H6/c1-2-3-4-5-26-8-6-7(10(18)14(22)11(8)19)9-12(20)15(23)17(25)16(24)13(9)21;1-3-2/h6H,2-5H2,1H3;3H,1H2,2H3. The first-order valence-electron chi connectivity index (χ1n) is 8.52. The molecule has 0 radical (unpaired) electrons. The third kappa shape index (κ3) is 5.27. The fourth-order valence-electron chi connectivity index (χ4n) is 2.24. The van der Waals surface area contributed by atoms with Crippen LogP contribution in [0.2, 0.25) is 0 Å². The van der Waals surface area contributed by atoms with Crippen molar-refractivity contribution >= 4 is 0 Å². The maximum atomic E-state index is 14.0. The largest absolute Gasteiger partial charge is 0.490 e. The van der Waals surface area contributed by atoms with Crippen molar-refractivity contribution in [3.63, 3.8) is 0 Å². The molecule has 0 saturated carbocycles. The molecule has 0 amide bonds. The average molecular weight is 426 g/mol. The molecule has 0 saturated heterocycles. The Labute approximate surface area is 162 Å². The molecule has 2 aromatic carbocycles. The molecule has 1 nitrogen and oxygen atoms in total. The van der Waals surface area contributed by atoms with Crippen molar-refractivity contribution in [1.29, 1.82) is 0 Å². The highest BCUT2D eigenvalue weighted by Gasteiger charge is 2.31. The Bertz CT molecular complexity index is 851. The SMILES string of the molecule is C=CC.CCCCCOc1cc(-c2c(F)c(F)c(F)c(F)c2F)c(F)c(F)c1F. The predicted molar refractivity (Wildman–Crippen MR) is 92.4 cm³/mol. The van der Waals surface area contributed by atoms with Crippen LogP contribution in [-0.4, -0.2) is 6.61 Å². The van der Waals surface area contributed by atoms with Crippen LogP contribution in [0.5, 0.6) is 5.75 Å². The number of unbranched alkanes of at least 4 members (excludes halogenated alkanes) is 2. The molecule has 0 aliphatic rings. The molecule has 0 N–H and O–H groups in total. The second kappa shape index (κ2) is 10.8. The average Bonchev–Trinajstić information content (AvgIpc) is 2.70. The van der Waals surface area contributed by atoms with Crippen LogP contribution in [0, 0.1) is 46.5 Å². The number of ether oxygens (including phenoxy) is 1. The number of rotatable bonds is 6. The minimum Gasteiger partial charge on any atom is -0.490 e. The van der Waals surface area contributed by atoms with Crippen molar-refractivity contribution in [3.8, 4) is 16.9 Å². The molecule has 29 heavy (non-hydrogen) atoms. The van der Waals surface area contributed by atoms with Crippen LogP contribution in [0.3, 0.4) is 0 Å². The van der Waals surface area contributed by atoms with Gasteiger partial charge in [-0.1, -0.05) is 25.8 Å². The van der Waals surface area contributed by atoms with Gasteiger partial charge in [-0.3, -0.25) is 0 Å². The Balaban J connectivity index is 0.00000132. The van der Waals surface area contributed by atoms with E-state index in [9.17, 15) is 35.1 Å². The Morgan fingerprint density at radius 2 is 1.21 bits per heavy atom. The highest BCUT2D eigenvalue weighted by molar-refractivity contribution is 5.68. The Kier molecular flexibility index (Phi) is 9.13. The van der Waals surface area contributed by atoms with Gasteiger partial charge in [0.25, 0.3) is 0 Å². The summed E-state index contributed by atoms with van der Waals surface area (Å²) >= 11 is 0. The lowest BCUT2D eigenvalue weighted by Gasteiger charge is -2.13. The number of hydrogen-bond donors (Lipinski definition) is 0. The van der Waals surface area contributed by atoms with Crippen LogP contribution in [0.15, 0.2) is 18.7 Å². The zero-order valence-electron chi connectivity index (χ0n) is 15.6. The second-order valence-electron chi connectivity index (χ2n) is 5.77. The second-order valence-corrected chi connectivity index (χ2v) is 5.77. The van der Waals surface area contributed by atoms with Gasteiger partial charge in [-0.05, 0) is 19.4 Å². The number of hydrogen-bond acceptors (Lipinski definition) is 1. The molecule has 0 unspecified atom stereocenters. The quantitative estimate of drug-likeness (QED) is 0.156. The van der Waals surface area contributed by atoms with Gasteiger partial charge in [0.1, 0.15) is 0 Å². The van der Waals surface area contributed by atoms with Gasteiger partial charge >= 0.3 is 0 Å². The van der Waals surface area contributed by atoms with E-state index in [4.69, 9.17) is 4.74 Å². The molecule has 0 aliphatic carbocycles. The first kappa shape index (κ1) is 24.5. The smallest absolute Gasteiger partial charge is 0.203 e. The van der Waals surface area contributed by atoms with Gasteiger partial charge in [0.2, 0.25) is 11.6 Å². The summed E-state index contributed by atoms with van der Waals surface area (Å²) in [4.78, 5) is 0. The normalized spacial score (nSPS) is 10.4. The highest BCUT2D eigenvalue weighted by atomic mass is 19.2. The molecule has 0 fully saturated rings. The van der Waals surface area contributed by atoms with Crippen molar-refractivity contribution in [1.82, 2.24) is 0 Å². The zero-order valence-corrected chi connectivity index (χ0v) is 15.6. The monoisotopic (exact) mass is 426 g/mol. The molecule has 0 aliphatic heterocycles. The molecule has 0 bridgehead atoms.